The van der Waals surface area contributed by atoms with Gasteiger partial charge in [-0.2, -0.15) is 0 Å². The Morgan fingerprint density at radius 1 is 1.38 bits per heavy atom. The van der Waals surface area contributed by atoms with Crippen LogP contribution in [0.4, 0.5) is 4.39 Å². The van der Waals surface area contributed by atoms with E-state index in [2.05, 4.69) is 12.2 Å². The van der Waals surface area contributed by atoms with E-state index in [1.165, 1.54) is 25.3 Å². The lowest BCUT2D eigenvalue weighted by Crippen LogP contribution is -2.27. The molecule has 1 aliphatic rings. The lowest BCUT2D eigenvalue weighted by molar-refractivity contribution is 0.409. The van der Waals surface area contributed by atoms with Crippen LogP contribution in [0.2, 0.25) is 0 Å². The van der Waals surface area contributed by atoms with Gasteiger partial charge in [0.2, 0.25) is 0 Å². The van der Waals surface area contributed by atoms with Crippen LogP contribution in [0.5, 0.6) is 0 Å². The molecule has 88 valence electrons. The molecule has 0 bridgehead atoms. The maximum absolute atomic E-state index is 13.5. The molecule has 1 unspecified atom stereocenters. The zero-order valence-corrected chi connectivity index (χ0v) is 10.1. The summed E-state index contributed by atoms with van der Waals surface area (Å²) in [5, 5.41) is 3.45. The second-order valence-corrected chi connectivity index (χ2v) is 4.98. The van der Waals surface area contributed by atoms with Crippen LogP contribution in [0.3, 0.4) is 0 Å². The topological polar surface area (TPSA) is 12.0 Å². The molecule has 1 aromatic carbocycles. The van der Waals surface area contributed by atoms with Crippen molar-refractivity contribution in [3.8, 4) is 0 Å². The summed E-state index contributed by atoms with van der Waals surface area (Å²) in [7, 11) is 0. The lowest BCUT2D eigenvalue weighted by Gasteiger charge is -2.19. The van der Waals surface area contributed by atoms with Gasteiger partial charge < -0.3 is 5.32 Å². The SMILES string of the molecule is CCC1(CNC(C)c2ccccc2F)CC1. The minimum atomic E-state index is -0.108. The minimum absolute atomic E-state index is 0.102. The fraction of sp³-hybridized carbons (Fsp3) is 0.571. The van der Waals surface area contributed by atoms with Crippen LogP contribution in [0, 0.1) is 11.2 Å². The second-order valence-electron chi connectivity index (χ2n) is 4.98. The predicted octanol–water partition coefficient (Wildman–Crippen LogP) is 3.67. The Hall–Kier alpha value is -0.890. The summed E-state index contributed by atoms with van der Waals surface area (Å²) >= 11 is 0. The lowest BCUT2D eigenvalue weighted by atomic mass is 10.0. The maximum atomic E-state index is 13.5. The molecular weight excluding hydrogens is 201 g/mol. The molecule has 1 N–H and O–H groups in total. The quantitative estimate of drug-likeness (QED) is 0.800. The molecule has 2 heteroatoms. The van der Waals surface area contributed by atoms with Gasteiger partial charge in [-0.25, -0.2) is 4.39 Å². The van der Waals surface area contributed by atoms with Gasteiger partial charge in [0, 0.05) is 18.2 Å². The highest BCUT2D eigenvalue weighted by Gasteiger charge is 2.40. The van der Waals surface area contributed by atoms with Crippen molar-refractivity contribution in [2.24, 2.45) is 5.41 Å². The van der Waals surface area contributed by atoms with Crippen molar-refractivity contribution in [3.63, 3.8) is 0 Å². The van der Waals surface area contributed by atoms with Crippen LogP contribution in [0.25, 0.3) is 0 Å². The fourth-order valence-electron chi connectivity index (χ4n) is 2.14. The first kappa shape index (κ1) is 11.6. The zero-order chi connectivity index (χ0) is 11.6. The third-order valence-electron chi connectivity index (χ3n) is 3.86. The molecule has 0 radical (unpaired) electrons. The van der Waals surface area contributed by atoms with Gasteiger partial charge in [0.15, 0.2) is 0 Å². The Bertz CT molecular complexity index is 358. The average Bonchev–Trinajstić information content (AvgIpc) is 3.07. The highest BCUT2D eigenvalue weighted by Crippen LogP contribution is 2.48. The van der Waals surface area contributed by atoms with Crippen molar-refractivity contribution in [2.75, 3.05) is 6.54 Å². The Labute approximate surface area is 97.1 Å². The Balaban J connectivity index is 1.93. The number of hydrogen-bond acceptors (Lipinski definition) is 1. The Morgan fingerprint density at radius 3 is 2.62 bits per heavy atom. The third kappa shape index (κ3) is 2.43. The minimum Gasteiger partial charge on any atom is -0.310 e. The third-order valence-corrected chi connectivity index (χ3v) is 3.86. The van der Waals surface area contributed by atoms with Crippen molar-refractivity contribution in [1.82, 2.24) is 5.32 Å². The molecule has 1 atom stereocenters. The highest BCUT2D eigenvalue weighted by atomic mass is 19.1. The van der Waals surface area contributed by atoms with E-state index in [0.29, 0.717) is 5.41 Å². The number of benzene rings is 1. The predicted molar refractivity (Wildman–Crippen MR) is 64.8 cm³/mol. The highest BCUT2D eigenvalue weighted by molar-refractivity contribution is 5.20. The van der Waals surface area contributed by atoms with Gasteiger partial charge in [-0.15, -0.1) is 0 Å². The molecule has 0 saturated heterocycles. The molecule has 16 heavy (non-hydrogen) atoms. The summed E-state index contributed by atoms with van der Waals surface area (Å²) in [5.41, 5.74) is 1.29. The molecule has 1 aliphatic carbocycles. The smallest absolute Gasteiger partial charge is 0.127 e. The van der Waals surface area contributed by atoms with E-state index in [0.717, 1.165) is 12.1 Å². The van der Waals surface area contributed by atoms with Crippen molar-refractivity contribution < 1.29 is 4.39 Å². The molecule has 0 heterocycles. The van der Waals surface area contributed by atoms with Crippen LogP contribution in [0.15, 0.2) is 24.3 Å². The molecule has 0 aromatic heterocycles. The van der Waals surface area contributed by atoms with Crippen molar-refractivity contribution in [3.05, 3.63) is 35.6 Å². The van der Waals surface area contributed by atoms with E-state index >= 15 is 0 Å². The van der Waals surface area contributed by atoms with Crippen LogP contribution in [-0.2, 0) is 0 Å². The van der Waals surface area contributed by atoms with Gasteiger partial charge in [-0.1, -0.05) is 25.1 Å². The van der Waals surface area contributed by atoms with Crippen molar-refractivity contribution >= 4 is 0 Å². The van der Waals surface area contributed by atoms with Crippen molar-refractivity contribution in [1.29, 1.82) is 0 Å². The zero-order valence-electron chi connectivity index (χ0n) is 10.1. The maximum Gasteiger partial charge on any atom is 0.127 e. The molecule has 1 fully saturated rings. The summed E-state index contributed by atoms with van der Waals surface area (Å²) in [4.78, 5) is 0. The fourth-order valence-corrected chi connectivity index (χ4v) is 2.14. The van der Waals surface area contributed by atoms with E-state index in [4.69, 9.17) is 0 Å². The molecule has 1 saturated carbocycles. The summed E-state index contributed by atoms with van der Waals surface area (Å²) in [6.45, 7) is 5.28. The molecule has 0 aliphatic heterocycles. The van der Waals surface area contributed by atoms with Gasteiger partial charge in [0.1, 0.15) is 5.82 Å². The van der Waals surface area contributed by atoms with Crippen LogP contribution >= 0.6 is 0 Å². The largest absolute Gasteiger partial charge is 0.310 e. The average molecular weight is 221 g/mol. The normalized spacial score (nSPS) is 19.4. The number of nitrogens with one attached hydrogen (secondary N) is 1. The van der Waals surface area contributed by atoms with Gasteiger partial charge in [0.05, 0.1) is 0 Å². The standard InChI is InChI=1S/C14H20FN/c1-3-14(8-9-14)10-16-11(2)12-6-4-5-7-13(12)15/h4-7,11,16H,3,8-10H2,1-2H3. The molecule has 1 nitrogen and oxygen atoms in total. The first-order chi connectivity index (χ1) is 7.67. The number of halogens is 1. The van der Waals surface area contributed by atoms with E-state index in [-0.39, 0.29) is 11.9 Å². The first-order valence-electron chi connectivity index (χ1n) is 6.15. The van der Waals surface area contributed by atoms with Crippen LogP contribution in [-0.4, -0.2) is 6.54 Å². The first-order valence-corrected chi connectivity index (χ1v) is 6.15. The summed E-state index contributed by atoms with van der Waals surface area (Å²) in [5.74, 6) is -0.108. The van der Waals surface area contributed by atoms with Crippen LogP contribution in [0.1, 0.15) is 44.7 Å². The summed E-state index contributed by atoms with van der Waals surface area (Å²) < 4.78 is 13.5. The number of rotatable bonds is 5. The molecule has 0 spiro atoms. The van der Waals surface area contributed by atoms with Crippen LogP contribution < -0.4 is 5.32 Å². The van der Waals surface area contributed by atoms with E-state index in [1.54, 1.807) is 6.07 Å². The second kappa shape index (κ2) is 4.54. The summed E-state index contributed by atoms with van der Waals surface area (Å²) in [6.07, 6.45) is 3.87. The van der Waals surface area contributed by atoms with Gasteiger partial charge in [-0.05, 0) is 37.7 Å². The van der Waals surface area contributed by atoms with E-state index in [1.807, 2.05) is 19.1 Å². The Kier molecular flexibility index (Phi) is 3.29. The van der Waals surface area contributed by atoms with Gasteiger partial charge >= 0.3 is 0 Å². The number of hydrogen-bond donors (Lipinski definition) is 1. The molecule has 0 amide bonds. The van der Waals surface area contributed by atoms with Gasteiger partial charge in [-0.3, -0.25) is 0 Å². The monoisotopic (exact) mass is 221 g/mol. The van der Waals surface area contributed by atoms with E-state index < -0.39 is 0 Å². The van der Waals surface area contributed by atoms with E-state index in [9.17, 15) is 4.39 Å². The molecule has 2 rings (SSSR count). The molecule has 1 aromatic rings. The summed E-state index contributed by atoms with van der Waals surface area (Å²) in [6, 6.07) is 7.12. The van der Waals surface area contributed by atoms with Gasteiger partial charge in [0.25, 0.3) is 0 Å². The Morgan fingerprint density at radius 2 is 2.06 bits per heavy atom. The molecular formula is C14H20FN. The van der Waals surface area contributed by atoms with Crippen molar-refractivity contribution in [2.45, 2.75) is 39.2 Å².